The summed E-state index contributed by atoms with van der Waals surface area (Å²) in [6.07, 6.45) is 9.82. The molecular formula is C18H24N2O. The van der Waals surface area contributed by atoms with Crippen molar-refractivity contribution in [1.29, 1.82) is 0 Å². The Balaban J connectivity index is 1.94. The molecule has 1 heterocycles. The number of hydrogen-bond donors (Lipinski definition) is 0. The molecule has 0 aliphatic carbocycles. The lowest BCUT2D eigenvalue weighted by Gasteiger charge is -2.05. The van der Waals surface area contributed by atoms with Crippen LogP contribution in [0.5, 0.6) is 5.75 Å². The second kappa shape index (κ2) is 8.40. The molecule has 0 amide bonds. The van der Waals surface area contributed by atoms with Crippen molar-refractivity contribution in [2.24, 2.45) is 0 Å². The van der Waals surface area contributed by atoms with Crippen LogP contribution in [0.1, 0.15) is 45.1 Å². The predicted octanol–water partition coefficient (Wildman–Crippen LogP) is 4.67. The maximum atomic E-state index is 5.35. The van der Waals surface area contributed by atoms with E-state index in [-0.39, 0.29) is 0 Å². The molecule has 0 N–H and O–H groups in total. The van der Waals surface area contributed by atoms with Gasteiger partial charge in [-0.3, -0.25) is 0 Å². The maximum Gasteiger partial charge on any atom is 0.159 e. The molecular weight excluding hydrogens is 260 g/mol. The standard InChI is InChI=1S/C18H24N2O/c1-3-5-6-7-8-15-9-11-16(12-10-15)18-19-13-17(14-20-18)21-4-2/h9-14H,3-8H2,1-2H3. The fraction of sp³-hybridized carbons (Fsp3) is 0.444. The normalized spacial score (nSPS) is 10.6. The molecule has 1 aromatic heterocycles. The third kappa shape index (κ3) is 4.85. The zero-order chi connectivity index (χ0) is 14.9. The first-order chi connectivity index (χ1) is 10.3. The van der Waals surface area contributed by atoms with Crippen LogP contribution in [0.2, 0.25) is 0 Å². The van der Waals surface area contributed by atoms with Crippen molar-refractivity contribution in [3.8, 4) is 17.1 Å². The van der Waals surface area contributed by atoms with Crippen molar-refractivity contribution in [2.75, 3.05) is 6.61 Å². The van der Waals surface area contributed by atoms with E-state index in [0.29, 0.717) is 12.4 Å². The van der Waals surface area contributed by atoms with Gasteiger partial charge in [-0.15, -0.1) is 0 Å². The zero-order valence-corrected chi connectivity index (χ0v) is 13.0. The van der Waals surface area contributed by atoms with Crippen LogP contribution in [-0.4, -0.2) is 16.6 Å². The van der Waals surface area contributed by atoms with Gasteiger partial charge in [0, 0.05) is 5.56 Å². The van der Waals surface area contributed by atoms with Gasteiger partial charge in [0.25, 0.3) is 0 Å². The average Bonchev–Trinajstić information content (AvgIpc) is 2.53. The summed E-state index contributed by atoms with van der Waals surface area (Å²) >= 11 is 0. The van der Waals surface area contributed by atoms with Crippen LogP contribution < -0.4 is 4.74 Å². The Bertz CT molecular complexity index is 520. The third-order valence-electron chi connectivity index (χ3n) is 3.47. The largest absolute Gasteiger partial charge is 0.491 e. The van der Waals surface area contributed by atoms with Crippen LogP contribution in [-0.2, 0) is 6.42 Å². The van der Waals surface area contributed by atoms with Gasteiger partial charge in [0.2, 0.25) is 0 Å². The number of unbranched alkanes of at least 4 members (excludes halogenated alkanes) is 3. The van der Waals surface area contributed by atoms with Gasteiger partial charge in [-0.05, 0) is 25.3 Å². The molecule has 112 valence electrons. The summed E-state index contributed by atoms with van der Waals surface area (Å²) in [7, 11) is 0. The molecule has 0 fully saturated rings. The van der Waals surface area contributed by atoms with Gasteiger partial charge >= 0.3 is 0 Å². The minimum absolute atomic E-state index is 0.634. The van der Waals surface area contributed by atoms with E-state index < -0.39 is 0 Å². The maximum absolute atomic E-state index is 5.35. The van der Waals surface area contributed by atoms with Crippen LogP contribution in [0.15, 0.2) is 36.7 Å². The van der Waals surface area contributed by atoms with E-state index >= 15 is 0 Å². The van der Waals surface area contributed by atoms with Crippen molar-refractivity contribution >= 4 is 0 Å². The van der Waals surface area contributed by atoms with E-state index in [9.17, 15) is 0 Å². The molecule has 0 radical (unpaired) electrons. The monoisotopic (exact) mass is 284 g/mol. The Labute approximate surface area is 127 Å². The van der Waals surface area contributed by atoms with Crippen LogP contribution in [0, 0.1) is 0 Å². The quantitative estimate of drug-likeness (QED) is 0.661. The number of ether oxygens (including phenoxy) is 1. The second-order valence-corrected chi connectivity index (χ2v) is 5.18. The number of benzene rings is 1. The number of nitrogens with zero attached hydrogens (tertiary/aromatic N) is 2. The second-order valence-electron chi connectivity index (χ2n) is 5.18. The molecule has 0 saturated carbocycles. The van der Waals surface area contributed by atoms with Crippen LogP contribution >= 0.6 is 0 Å². The van der Waals surface area contributed by atoms with E-state index in [1.54, 1.807) is 12.4 Å². The molecule has 0 spiro atoms. The molecule has 3 heteroatoms. The summed E-state index contributed by atoms with van der Waals surface area (Å²) in [6, 6.07) is 8.57. The van der Waals surface area contributed by atoms with Crippen LogP contribution in [0.3, 0.4) is 0 Å². The van der Waals surface area contributed by atoms with Crippen molar-refractivity contribution in [2.45, 2.75) is 46.0 Å². The van der Waals surface area contributed by atoms with Crippen molar-refractivity contribution in [1.82, 2.24) is 9.97 Å². The summed E-state index contributed by atoms with van der Waals surface area (Å²) in [5.74, 6) is 1.46. The Hall–Kier alpha value is -1.90. The Morgan fingerprint density at radius 1 is 0.905 bits per heavy atom. The van der Waals surface area contributed by atoms with E-state index in [0.717, 1.165) is 17.8 Å². The average molecular weight is 284 g/mol. The SMILES string of the molecule is CCCCCCc1ccc(-c2ncc(OCC)cn2)cc1. The molecule has 3 nitrogen and oxygen atoms in total. The molecule has 2 aromatic rings. The van der Waals surface area contributed by atoms with Gasteiger partial charge in [0.15, 0.2) is 11.6 Å². The highest BCUT2D eigenvalue weighted by molar-refractivity contribution is 5.55. The molecule has 21 heavy (non-hydrogen) atoms. The van der Waals surface area contributed by atoms with Gasteiger partial charge < -0.3 is 4.74 Å². The fourth-order valence-corrected chi connectivity index (χ4v) is 2.28. The van der Waals surface area contributed by atoms with Gasteiger partial charge in [-0.25, -0.2) is 9.97 Å². The molecule has 0 unspecified atom stereocenters. The van der Waals surface area contributed by atoms with Crippen molar-refractivity contribution in [3.63, 3.8) is 0 Å². The first kappa shape index (κ1) is 15.5. The van der Waals surface area contributed by atoms with Gasteiger partial charge in [0.05, 0.1) is 19.0 Å². The van der Waals surface area contributed by atoms with Gasteiger partial charge in [0.1, 0.15) is 0 Å². The van der Waals surface area contributed by atoms with E-state index in [4.69, 9.17) is 4.74 Å². The summed E-state index contributed by atoms with van der Waals surface area (Å²) in [5, 5.41) is 0. The molecule has 1 aromatic carbocycles. The number of aromatic nitrogens is 2. The highest BCUT2D eigenvalue weighted by Gasteiger charge is 2.02. The predicted molar refractivity (Wildman–Crippen MR) is 86.5 cm³/mol. The topological polar surface area (TPSA) is 35.0 Å². The minimum Gasteiger partial charge on any atom is -0.491 e. The van der Waals surface area contributed by atoms with E-state index in [1.165, 1.54) is 31.2 Å². The fourth-order valence-electron chi connectivity index (χ4n) is 2.28. The Kier molecular flexibility index (Phi) is 6.20. The summed E-state index contributed by atoms with van der Waals surface area (Å²) in [5.41, 5.74) is 2.44. The lowest BCUT2D eigenvalue weighted by Crippen LogP contribution is -1.95. The minimum atomic E-state index is 0.634. The molecule has 0 saturated heterocycles. The zero-order valence-electron chi connectivity index (χ0n) is 13.0. The molecule has 0 aliphatic heterocycles. The van der Waals surface area contributed by atoms with Gasteiger partial charge in [-0.1, -0.05) is 50.5 Å². The summed E-state index contributed by atoms with van der Waals surface area (Å²) in [4.78, 5) is 8.70. The lowest BCUT2D eigenvalue weighted by molar-refractivity contribution is 0.337. The van der Waals surface area contributed by atoms with Crippen LogP contribution in [0.4, 0.5) is 0 Å². The van der Waals surface area contributed by atoms with Crippen LogP contribution in [0.25, 0.3) is 11.4 Å². The molecule has 0 bridgehead atoms. The van der Waals surface area contributed by atoms with Gasteiger partial charge in [-0.2, -0.15) is 0 Å². The summed E-state index contributed by atoms with van der Waals surface area (Å²) in [6.45, 7) is 4.83. The van der Waals surface area contributed by atoms with Crippen molar-refractivity contribution in [3.05, 3.63) is 42.2 Å². The third-order valence-corrected chi connectivity index (χ3v) is 3.47. The number of aryl methyl sites for hydroxylation is 1. The lowest BCUT2D eigenvalue weighted by atomic mass is 10.0. The number of hydrogen-bond acceptors (Lipinski definition) is 3. The Morgan fingerprint density at radius 2 is 1.62 bits per heavy atom. The number of rotatable bonds is 8. The first-order valence-corrected chi connectivity index (χ1v) is 7.87. The molecule has 0 atom stereocenters. The summed E-state index contributed by atoms with van der Waals surface area (Å²) < 4.78 is 5.35. The van der Waals surface area contributed by atoms with E-state index in [1.807, 2.05) is 6.92 Å². The Morgan fingerprint density at radius 3 is 2.24 bits per heavy atom. The first-order valence-electron chi connectivity index (χ1n) is 7.87. The van der Waals surface area contributed by atoms with Crippen molar-refractivity contribution < 1.29 is 4.74 Å². The highest BCUT2D eigenvalue weighted by Crippen LogP contribution is 2.18. The van der Waals surface area contributed by atoms with E-state index in [2.05, 4.69) is 41.2 Å². The smallest absolute Gasteiger partial charge is 0.159 e. The molecule has 0 aliphatic rings. The highest BCUT2D eigenvalue weighted by atomic mass is 16.5. The molecule has 2 rings (SSSR count).